The van der Waals surface area contributed by atoms with Crippen LogP contribution in [0.3, 0.4) is 0 Å². The number of para-hydroxylation sites is 1. The van der Waals surface area contributed by atoms with E-state index >= 15 is 0 Å². The van der Waals surface area contributed by atoms with Crippen molar-refractivity contribution >= 4 is 11.4 Å². The zero-order valence-electron chi connectivity index (χ0n) is 12.2. The van der Waals surface area contributed by atoms with Crippen molar-refractivity contribution in [3.63, 3.8) is 0 Å². The molecule has 1 aliphatic rings. The van der Waals surface area contributed by atoms with Gasteiger partial charge in [0.1, 0.15) is 12.4 Å². The Morgan fingerprint density at radius 3 is 2.55 bits per heavy atom. The number of benzene rings is 2. The van der Waals surface area contributed by atoms with Crippen LogP contribution in [0.5, 0.6) is 5.75 Å². The monoisotopic (exact) mass is 298 g/mol. The number of hydrogen-bond acceptors (Lipinski definition) is 4. The number of nitrogens with zero attached hydrogens (tertiary/aromatic N) is 2. The van der Waals surface area contributed by atoms with Crippen LogP contribution in [0.1, 0.15) is 12.8 Å². The molecule has 1 aliphatic heterocycles. The molecule has 114 valence electrons. The topological polar surface area (TPSA) is 55.6 Å². The molecule has 1 unspecified atom stereocenters. The van der Waals surface area contributed by atoms with E-state index in [-0.39, 0.29) is 10.6 Å². The highest BCUT2D eigenvalue weighted by Crippen LogP contribution is 2.27. The summed E-state index contributed by atoms with van der Waals surface area (Å²) in [4.78, 5) is 12.6. The second-order valence-corrected chi connectivity index (χ2v) is 5.39. The molecule has 5 heteroatoms. The van der Waals surface area contributed by atoms with Crippen molar-refractivity contribution in [3.05, 3.63) is 64.7 Å². The van der Waals surface area contributed by atoms with Crippen molar-refractivity contribution in [2.24, 2.45) is 0 Å². The molecule has 0 radical (unpaired) electrons. The van der Waals surface area contributed by atoms with Gasteiger partial charge in [-0.25, -0.2) is 0 Å². The van der Waals surface area contributed by atoms with E-state index in [0.717, 1.165) is 30.8 Å². The molecule has 0 spiro atoms. The Bertz CT molecular complexity index is 628. The van der Waals surface area contributed by atoms with Gasteiger partial charge in [-0.15, -0.1) is 0 Å². The van der Waals surface area contributed by atoms with Gasteiger partial charge in [0.15, 0.2) is 0 Å². The zero-order chi connectivity index (χ0) is 15.4. The molecule has 1 heterocycles. The molecule has 0 amide bonds. The van der Waals surface area contributed by atoms with Gasteiger partial charge in [-0.3, -0.25) is 10.1 Å². The van der Waals surface area contributed by atoms with Crippen LogP contribution in [0.2, 0.25) is 0 Å². The Morgan fingerprint density at radius 2 is 1.86 bits per heavy atom. The number of nitro benzene ring substituents is 1. The van der Waals surface area contributed by atoms with E-state index in [1.165, 1.54) is 0 Å². The normalized spacial score (nSPS) is 17.5. The second-order valence-electron chi connectivity index (χ2n) is 5.39. The Morgan fingerprint density at radius 1 is 1.14 bits per heavy atom. The summed E-state index contributed by atoms with van der Waals surface area (Å²) in [5.41, 5.74) is 1.14. The molecule has 5 nitrogen and oxygen atoms in total. The third-order valence-electron chi connectivity index (χ3n) is 3.95. The van der Waals surface area contributed by atoms with Gasteiger partial charge in [-0.2, -0.15) is 0 Å². The van der Waals surface area contributed by atoms with E-state index in [1.807, 2.05) is 42.5 Å². The van der Waals surface area contributed by atoms with Gasteiger partial charge in [0.2, 0.25) is 0 Å². The van der Waals surface area contributed by atoms with E-state index in [9.17, 15) is 10.1 Å². The van der Waals surface area contributed by atoms with Crippen LogP contribution in [-0.2, 0) is 0 Å². The van der Waals surface area contributed by atoms with E-state index in [4.69, 9.17) is 4.74 Å². The molecular weight excluding hydrogens is 280 g/mol. The number of nitro groups is 1. The standard InChI is InChI=1S/C17H18N2O3/c20-19(21)15-10-8-14(9-11-15)18-12-4-5-16(18)13-22-17-6-2-1-3-7-17/h1-3,6-11,16H,4-5,12-13H2. The molecule has 1 atom stereocenters. The Labute approximate surface area is 129 Å². The van der Waals surface area contributed by atoms with Gasteiger partial charge in [0.05, 0.1) is 11.0 Å². The van der Waals surface area contributed by atoms with Crippen molar-refractivity contribution in [2.45, 2.75) is 18.9 Å². The van der Waals surface area contributed by atoms with Crippen LogP contribution >= 0.6 is 0 Å². The SMILES string of the molecule is O=[N+]([O-])c1ccc(N2CCCC2COc2ccccc2)cc1. The van der Waals surface area contributed by atoms with Gasteiger partial charge in [-0.1, -0.05) is 18.2 Å². The maximum absolute atomic E-state index is 10.7. The summed E-state index contributed by atoms with van der Waals surface area (Å²) in [6.07, 6.45) is 2.18. The van der Waals surface area contributed by atoms with Crippen molar-refractivity contribution < 1.29 is 9.66 Å². The van der Waals surface area contributed by atoms with Crippen LogP contribution in [0, 0.1) is 10.1 Å². The van der Waals surface area contributed by atoms with E-state index in [2.05, 4.69) is 4.90 Å². The highest BCUT2D eigenvalue weighted by atomic mass is 16.6. The Balaban J connectivity index is 1.66. The first-order chi connectivity index (χ1) is 10.7. The first-order valence-electron chi connectivity index (χ1n) is 7.43. The zero-order valence-corrected chi connectivity index (χ0v) is 12.2. The lowest BCUT2D eigenvalue weighted by Crippen LogP contribution is -2.34. The lowest BCUT2D eigenvalue weighted by Gasteiger charge is -2.26. The Hall–Kier alpha value is -2.56. The van der Waals surface area contributed by atoms with Crippen LogP contribution < -0.4 is 9.64 Å². The van der Waals surface area contributed by atoms with Crippen LogP contribution in [0.15, 0.2) is 54.6 Å². The average molecular weight is 298 g/mol. The van der Waals surface area contributed by atoms with E-state index in [1.54, 1.807) is 12.1 Å². The third kappa shape index (κ3) is 3.19. The predicted octanol–water partition coefficient (Wildman–Crippen LogP) is 3.64. The fraction of sp³-hybridized carbons (Fsp3) is 0.294. The molecular formula is C17H18N2O3. The molecule has 0 saturated carbocycles. The fourth-order valence-electron chi connectivity index (χ4n) is 2.82. The fourth-order valence-corrected chi connectivity index (χ4v) is 2.82. The lowest BCUT2D eigenvalue weighted by molar-refractivity contribution is -0.384. The second kappa shape index (κ2) is 6.47. The average Bonchev–Trinajstić information content (AvgIpc) is 3.02. The van der Waals surface area contributed by atoms with Crippen molar-refractivity contribution in [1.29, 1.82) is 0 Å². The van der Waals surface area contributed by atoms with Crippen LogP contribution in [-0.4, -0.2) is 24.1 Å². The molecule has 1 saturated heterocycles. The molecule has 1 fully saturated rings. The number of ether oxygens (including phenoxy) is 1. The number of hydrogen-bond donors (Lipinski definition) is 0. The smallest absolute Gasteiger partial charge is 0.269 e. The molecule has 22 heavy (non-hydrogen) atoms. The molecule has 0 aromatic heterocycles. The van der Waals surface area contributed by atoms with Crippen molar-refractivity contribution in [1.82, 2.24) is 0 Å². The summed E-state index contributed by atoms with van der Waals surface area (Å²) in [6, 6.07) is 16.8. The maximum atomic E-state index is 10.7. The quantitative estimate of drug-likeness (QED) is 0.624. The third-order valence-corrected chi connectivity index (χ3v) is 3.95. The summed E-state index contributed by atoms with van der Waals surface area (Å²) < 4.78 is 5.85. The number of non-ortho nitro benzene ring substituents is 1. The predicted molar refractivity (Wildman–Crippen MR) is 85.4 cm³/mol. The van der Waals surface area contributed by atoms with E-state index in [0.29, 0.717) is 12.6 Å². The lowest BCUT2D eigenvalue weighted by atomic mass is 10.2. The summed E-state index contributed by atoms with van der Waals surface area (Å²) in [7, 11) is 0. The maximum Gasteiger partial charge on any atom is 0.269 e. The van der Waals surface area contributed by atoms with Gasteiger partial charge < -0.3 is 9.64 Å². The van der Waals surface area contributed by atoms with Gasteiger partial charge in [0.25, 0.3) is 5.69 Å². The molecule has 3 rings (SSSR count). The Kier molecular flexibility index (Phi) is 4.23. The summed E-state index contributed by atoms with van der Waals surface area (Å²) in [5, 5.41) is 10.7. The molecule has 0 bridgehead atoms. The van der Waals surface area contributed by atoms with Crippen molar-refractivity contribution in [3.8, 4) is 5.75 Å². The molecule has 0 aliphatic carbocycles. The molecule has 2 aromatic rings. The van der Waals surface area contributed by atoms with Gasteiger partial charge in [0, 0.05) is 24.4 Å². The number of rotatable bonds is 5. The summed E-state index contributed by atoms with van der Waals surface area (Å²) in [5.74, 6) is 0.873. The van der Waals surface area contributed by atoms with E-state index < -0.39 is 0 Å². The first-order valence-corrected chi connectivity index (χ1v) is 7.43. The minimum Gasteiger partial charge on any atom is -0.491 e. The highest BCUT2D eigenvalue weighted by Gasteiger charge is 2.25. The highest BCUT2D eigenvalue weighted by molar-refractivity contribution is 5.52. The van der Waals surface area contributed by atoms with Crippen molar-refractivity contribution in [2.75, 3.05) is 18.1 Å². The summed E-state index contributed by atoms with van der Waals surface area (Å²) >= 11 is 0. The number of anilines is 1. The molecule has 2 aromatic carbocycles. The minimum absolute atomic E-state index is 0.125. The largest absolute Gasteiger partial charge is 0.491 e. The minimum atomic E-state index is -0.371. The van der Waals surface area contributed by atoms with Crippen LogP contribution in [0.4, 0.5) is 11.4 Å². The van der Waals surface area contributed by atoms with Crippen LogP contribution in [0.25, 0.3) is 0 Å². The van der Waals surface area contributed by atoms with Gasteiger partial charge >= 0.3 is 0 Å². The van der Waals surface area contributed by atoms with Gasteiger partial charge in [-0.05, 0) is 37.1 Å². The molecule has 0 N–H and O–H groups in total. The first kappa shape index (κ1) is 14.4. The summed E-state index contributed by atoms with van der Waals surface area (Å²) in [6.45, 7) is 1.58.